The number of hydrogen-bond acceptors (Lipinski definition) is 4. The van der Waals surface area contributed by atoms with Crippen LogP contribution in [-0.4, -0.2) is 52.7 Å². The van der Waals surface area contributed by atoms with Gasteiger partial charge in [-0.3, -0.25) is 9.59 Å². The van der Waals surface area contributed by atoms with Crippen LogP contribution in [0.25, 0.3) is 11.1 Å². The standard InChI is InChI=1S/C28H36N2O5/c1-6-18(2)15-24(26(33)30(16-25(31)32)28(3,4)5)29-27(34)35-17-23-21-13-9-7-11-19(21)20-12-8-10-14-22(20)23/h7-14,18,23-24H,6,15-17H2,1-5H3,(H,29,34)(H,31,32). The SMILES string of the molecule is CCC(C)CC(NC(=O)OCC1c2ccccc2-c2ccccc21)C(=O)N(CC(=O)O)C(C)(C)C. The maximum atomic E-state index is 13.4. The van der Waals surface area contributed by atoms with Crippen LogP contribution in [0.4, 0.5) is 4.79 Å². The second-order valence-corrected chi connectivity index (χ2v) is 10.3. The summed E-state index contributed by atoms with van der Waals surface area (Å²) >= 11 is 0. The molecule has 7 heteroatoms. The number of hydrogen-bond donors (Lipinski definition) is 2. The molecule has 2 N–H and O–H groups in total. The Bertz CT molecular complexity index is 1030. The third kappa shape index (κ3) is 6.21. The van der Waals surface area contributed by atoms with E-state index in [9.17, 15) is 19.5 Å². The Morgan fingerprint density at radius 2 is 1.57 bits per heavy atom. The number of ether oxygens (including phenoxy) is 1. The van der Waals surface area contributed by atoms with Crippen molar-refractivity contribution >= 4 is 18.0 Å². The molecule has 2 aromatic carbocycles. The number of fused-ring (bicyclic) bond motifs is 3. The molecule has 188 valence electrons. The summed E-state index contributed by atoms with van der Waals surface area (Å²) in [4.78, 5) is 39.0. The van der Waals surface area contributed by atoms with Gasteiger partial charge in [0.15, 0.2) is 0 Å². The highest BCUT2D eigenvalue weighted by molar-refractivity contribution is 5.88. The maximum Gasteiger partial charge on any atom is 0.407 e. The van der Waals surface area contributed by atoms with E-state index in [4.69, 9.17) is 4.74 Å². The Kier molecular flexibility index (Phi) is 8.20. The molecule has 0 aromatic heterocycles. The highest BCUT2D eigenvalue weighted by atomic mass is 16.5. The minimum Gasteiger partial charge on any atom is -0.480 e. The summed E-state index contributed by atoms with van der Waals surface area (Å²) < 4.78 is 5.64. The predicted molar refractivity (Wildman–Crippen MR) is 135 cm³/mol. The number of rotatable bonds is 9. The third-order valence-corrected chi connectivity index (χ3v) is 6.64. The van der Waals surface area contributed by atoms with Crippen LogP contribution in [0.2, 0.25) is 0 Å². The zero-order valence-corrected chi connectivity index (χ0v) is 21.2. The topological polar surface area (TPSA) is 95.9 Å². The van der Waals surface area contributed by atoms with Crippen molar-refractivity contribution in [2.45, 2.75) is 65.0 Å². The predicted octanol–water partition coefficient (Wildman–Crippen LogP) is 5.04. The molecule has 0 saturated carbocycles. The van der Waals surface area contributed by atoms with Crippen molar-refractivity contribution in [3.63, 3.8) is 0 Å². The molecule has 2 amide bonds. The third-order valence-electron chi connectivity index (χ3n) is 6.64. The second-order valence-electron chi connectivity index (χ2n) is 10.3. The van der Waals surface area contributed by atoms with E-state index in [-0.39, 0.29) is 18.4 Å². The van der Waals surface area contributed by atoms with Crippen molar-refractivity contribution in [3.8, 4) is 11.1 Å². The van der Waals surface area contributed by atoms with Gasteiger partial charge < -0.3 is 20.1 Å². The van der Waals surface area contributed by atoms with Crippen LogP contribution in [0.3, 0.4) is 0 Å². The molecular weight excluding hydrogens is 444 g/mol. The number of carbonyl (C=O) groups excluding carboxylic acids is 2. The van der Waals surface area contributed by atoms with Crippen LogP contribution in [-0.2, 0) is 14.3 Å². The molecule has 2 aromatic rings. The molecule has 1 aliphatic carbocycles. The Balaban J connectivity index is 1.75. The van der Waals surface area contributed by atoms with Gasteiger partial charge in [0.1, 0.15) is 19.2 Å². The Morgan fingerprint density at radius 1 is 1.03 bits per heavy atom. The van der Waals surface area contributed by atoms with E-state index >= 15 is 0 Å². The molecule has 0 spiro atoms. The molecule has 0 bridgehead atoms. The molecule has 35 heavy (non-hydrogen) atoms. The van der Waals surface area contributed by atoms with Gasteiger partial charge in [-0.15, -0.1) is 0 Å². The number of carbonyl (C=O) groups is 3. The molecule has 2 atom stereocenters. The van der Waals surface area contributed by atoms with E-state index in [1.807, 2.05) is 50.2 Å². The lowest BCUT2D eigenvalue weighted by Gasteiger charge is -2.37. The monoisotopic (exact) mass is 480 g/mol. The summed E-state index contributed by atoms with van der Waals surface area (Å²) in [6, 6.07) is 15.3. The van der Waals surface area contributed by atoms with Gasteiger partial charge in [-0.2, -0.15) is 0 Å². The fourth-order valence-electron chi connectivity index (χ4n) is 4.54. The minimum absolute atomic E-state index is 0.0880. The van der Waals surface area contributed by atoms with Crippen molar-refractivity contribution < 1.29 is 24.2 Å². The number of alkyl carbamates (subject to hydrolysis) is 1. The van der Waals surface area contributed by atoms with Crippen molar-refractivity contribution in [1.29, 1.82) is 0 Å². The number of carboxylic acid groups (broad SMARTS) is 1. The number of benzene rings is 2. The van der Waals surface area contributed by atoms with Crippen LogP contribution in [0, 0.1) is 5.92 Å². The van der Waals surface area contributed by atoms with Crippen LogP contribution in [0.5, 0.6) is 0 Å². The molecule has 7 nitrogen and oxygen atoms in total. The average molecular weight is 481 g/mol. The quantitative estimate of drug-likeness (QED) is 0.524. The number of nitrogens with zero attached hydrogens (tertiary/aromatic N) is 1. The average Bonchev–Trinajstić information content (AvgIpc) is 3.13. The van der Waals surface area contributed by atoms with E-state index in [1.54, 1.807) is 20.8 Å². The molecule has 0 heterocycles. The number of carboxylic acids is 1. The molecule has 1 aliphatic rings. The fourth-order valence-corrected chi connectivity index (χ4v) is 4.54. The zero-order chi connectivity index (χ0) is 25.8. The van der Waals surface area contributed by atoms with E-state index < -0.39 is 36.1 Å². The van der Waals surface area contributed by atoms with Gasteiger partial charge in [0.25, 0.3) is 0 Å². The number of nitrogens with one attached hydrogen (secondary N) is 1. The smallest absolute Gasteiger partial charge is 0.407 e. The van der Waals surface area contributed by atoms with E-state index in [2.05, 4.69) is 17.4 Å². The van der Waals surface area contributed by atoms with Crippen LogP contribution in [0.15, 0.2) is 48.5 Å². The van der Waals surface area contributed by atoms with Crippen molar-refractivity contribution in [2.75, 3.05) is 13.2 Å². The van der Waals surface area contributed by atoms with Gasteiger partial charge in [-0.1, -0.05) is 68.8 Å². The van der Waals surface area contributed by atoms with Gasteiger partial charge in [0.2, 0.25) is 5.91 Å². The van der Waals surface area contributed by atoms with Crippen molar-refractivity contribution in [2.24, 2.45) is 5.92 Å². The lowest BCUT2D eigenvalue weighted by atomic mass is 9.96. The zero-order valence-electron chi connectivity index (χ0n) is 21.2. The van der Waals surface area contributed by atoms with Gasteiger partial charge in [0.05, 0.1) is 0 Å². The van der Waals surface area contributed by atoms with Crippen molar-refractivity contribution in [3.05, 3.63) is 59.7 Å². The fraction of sp³-hybridized carbons (Fsp3) is 0.464. The number of amides is 2. The molecule has 0 saturated heterocycles. The van der Waals surface area contributed by atoms with Crippen molar-refractivity contribution in [1.82, 2.24) is 10.2 Å². The molecule has 0 fully saturated rings. The summed E-state index contributed by atoms with van der Waals surface area (Å²) in [5.74, 6) is -1.45. The first kappa shape index (κ1) is 26.3. The molecule has 0 radical (unpaired) electrons. The Morgan fingerprint density at radius 3 is 2.06 bits per heavy atom. The first-order chi connectivity index (χ1) is 16.5. The summed E-state index contributed by atoms with van der Waals surface area (Å²) in [5, 5.41) is 12.1. The number of aliphatic carboxylic acids is 1. The molecule has 0 aliphatic heterocycles. The van der Waals surface area contributed by atoms with E-state index in [1.165, 1.54) is 4.90 Å². The first-order valence-corrected chi connectivity index (χ1v) is 12.2. The molecule has 3 rings (SSSR count). The largest absolute Gasteiger partial charge is 0.480 e. The summed E-state index contributed by atoms with van der Waals surface area (Å²) in [6.07, 6.45) is 0.536. The lowest BCUT2D eigenvalue weighted by molar-refractivity contribution is -0.149. The van der Waals surface area contributed by atoms with Crippen LogP contribution in [0.1, 0.15) is 64.5 Å². The summed E-state index contributed by atoms with van der Waals surface area (Å²) in [6.45, 7) is 9.05. The maximum absolute atomic E-state index is 13.4. The normalized spacial score (nSPS) is 14.4. The van der Waals surface area contributed by atoms with Gasteiger partial charge in [-0.25, -0.2) is 4.79 Å². The van der Waals surface area contributed by atoms with E-state index in [0.717, 1.165) is 28.7 Å². The highest BCUT2D eigenvalue weighted by Gasteiger charge is 2.35. The lowest BCUT2D eigenvalue weighted by Crippen LogP contribution is -2.56. The Hall–Kier alpha value is -3.35. The first-order valence-electron chi connectivity index (χ1n) is 12.2. The summed E-state index contributed by atoms with van der Waals surface area (Å²) in [5.41, 5.74) is 3.77. The van der Waals surface area contributed by atoms with Crippen LogP contribution >= 0.6 is 0 Å². The summed E-state index contributed by atoms with van der Waals surface area (Å²) in [7, 11) is 0. The van der Waals surface area contributed by atoms with Crippen LogP contribution < -0.4 is 5.32 Å². The molecule has 2 unspecified atom stereocenters. The van der Waals surface area contributed by atoms with Gasteiger partial charge >= 0.3 is 12.1 Å². The second kappa shape index (κ2) is 10.9. The van der Waals surface area contributed by atoms with Gasteiger partial charge in [-0.05, 0) is 55.4 Å². The molecular formula is C28H36N2O5. The minimum atomic E-state index is -1.10. The van der Waals surface area contributed by atoms with Gasteiger partial charge in [0, 0.05) is 11.5 Å². The van der Waals surface area contributed by atoms with E-state index in [0.29, 0.717) is 6.42 Å². The highest BCUT2D eigenvalue weighted by Crippen LogP contribution is 2.44. The Labute approximate surface area is 207 Å².